The minimum atomic E-state index is -0.788. The van der Waals surface area contributed by atoms with Crippen LogP contribution in [-0.4, -0.2) is 28.1 Å². The number of halogens is 1. The van der Waals surface area contributed by atoms with Crippen molar-refractivity contribution in [3.8, 4) is 0 Å². The molecule has 3 rings (SSSR count). The molecule has 1 aromatic carbocycles. The first-order valence-electron chi connectivity index (χ1n) is 11.0. The predicted molar refractivity (Wildman–Crippen MR) is 131 cm³/mol. The van der Waals surface area contributed by atoms with Crippen molar-refractivity contribution in [1.82, 2.24) is 0 Å². The number of carbonyl (C=O) groups excluding carboxylic acids is 1. The Morgan fingerprint density at radius 2 is 2.09 bits per heavy atom. The van der Waals surface area contributed by atoms with Gasteiger partial charge in [-0.15, -0.1) is 11.3 Å². The zero-order valence-corrected chi connectivity index (χ0v) is 19.5. The first-order chi connectivity index (χ1) is 15.5. The van der Waals surface area contributed by atoms with Gasteiger partial charge in [0.1, 0.15) is 0 Å². The maximum atomic E-state index is 12.4. The average molecular weight is 473 g/mol. The lowest BCUT2D eigenvalue weighted by Crippen LogP contribution is -2.24. The zero-order chi connectivity index (χ0) is 22.9. The number of aliphatic hydroxyl groups excluding tert-OH is 1. The molecule has 3 atom stereocenters. The molecule has 170 valence electrons. The van der Waals surface area contributed by atoms with Crippen molar-refractivity contribution in [2.75, 3.05) is 0 Å². The molecule has 0 bridgehead atoms. The molecule has 0 saturated carbocycles. The van der Waals surface area contributed by atoms with E-state index in [1.54, 1.807) is 17.4 Å². The lowest BCUT2D eigenvalue weighted by Gasteiger charge is -2.24. The third kappa shape index (κ3) is 6.89. The molecule has 1 aliphatic rings. The number of carboxylic acid groups (broad SMARTS) is 1. The van der Waals surface area contributed by atoms with Crippen molar-refractivity contribution in [2.24, 2.45) is 11.8 Å². The van der Waals surface area contributed by atoms with E-state index >= 15 is 0 Å². The van der Waals surface area contributed by atoms with Gasteiger partial charge >= 0.3 is 5.97 Å². The Morgan fingerprint density at radius 1 is 1.28 bits per heavy atom. The van der Waals surface area contributed by atoms with Gasteiger partial charge in [-0.1, -0.05) is 60.2 Å². The molecule has 2 aromatic rings. The van der Waals surface area contributed by atoms with Crippen LogP contribution in [0.3, 0.4) is 0 Å². The zero-order valence-electron chi connectivity index (χ0n) is 18.0. The Kier molecular flexibility index (Phi) is 9.27. The number of ketones is 1. The van der Waals surface area contributed by atoms with Gasteiger partial charge in [0.2, 0.25) is 0 Å². The summed E-state index contributed by atoms with van der Waals surface area (Å²) in [6.07, 6.45) is 14.8. The number of benzene rings is 1. The van der Waals surface area contributed by atoms with E-state index < -0.39 is 12.1 Å². The van der Waals surface area contributed by atoms with Gasteiger partial charge in [0.05, 0.1) is 11.1 Å². The third-order valence-corrected chi connectivity index (χ3v) is 7.51. The number of carboxylic acids is 1. The minimum absolute atomic E-state index is 0.0544. The minimum Gasteiger partial charge on any atom is -0.481 e. The summed E-state index contributed by atoms with van der Waals surface area (Å²) in [5.74, 6) is -0.771. The highest BCUT2D eigenvalue weighted by molar-refractivity contribution is 7.19. The number of rotatable bonds is 11. The molecule has 0 radical (unpaired) electrons. The van der Waals surface area contributed by atoms with Crippen LogP contribution in [0.2, 0.25) is 5.02 Å². The van der Waals surface area contributed by atoms with Crippen molar-refractivity contribution in [1.29, 1.82) is 0 Å². The number of thiophene rings is 1. The van der Waals surface area contributed by atoms with Crippen molar-refractivity contribution in [3.63, 3.8) is 0 Å². The molecule has 0 amide bonds. The maximum Gasteiger partial charge on any atom is 0.303 e. The highest BCUT2D eigenvalue weighted by atomic mass is 35.5. The molecule has 4 nitrogen and oxygen atoms in total. The number of allylic oxidation sites excluding steroid dienone is 5. The van der Waals surface area contributed by atoms with Gasteiger partial charge in [0.15, 0.2) is 5.78 Å². The molecule has 1 heterocycles. The lowest BCUT2D eigenvalue weighted by molar-refractivity contribution is -0.137. The summed E-state index contributed by atoms with van der Waals surface area (Å²) < 4.78 is 1.16. The molecule has 2 N–H and O–H groups in total. The second kappa shape index (κ2) is 12.1. The van der Waals surface area contributed by atoms with Crippen LogP contribution in [0, 0.1) is 11.8 Å². The number of aliphatic carboxylic acids is 1. The molecule has 32 heavy (non-hydrogen) atoms. The van der Waals surface area contributed by atoms with Crippen LogP contribution in [-0.2, 0) is 16.0 Å². The van der Waals surface area contributed by atoms with Gasteiger partial charge in [0, 0.05) is 27.3 Å². The summed E-state index contributed by atoms with van der Waals surface area (Å²) in [6, 6.07) is 8.05. The van der Waals surface area contributed by atoms with E-state index in [0.717, 1.165) is 26.4 Å². The summed E-state index contributed by atoms with van der Waals surface area (Å²) in [5.41, 5.74) is 0. The van der Waals surface area contributed by atoms with Gasteiger partial charge < -0.3 is 10.2 Å². The van der Waals surface area contributed by atoms with Crippen molar-refractivity contribution < 1.29 is 19.8 Å². The topological polar surface area (TPSA) is 74.6 Å². The molecule has 1 aliphatic carbocycles. The van der Waals surface area contributed by atoms with Crippen LogP contribution in [0.5, 0.6) is 0 Å². The molecule has 0 spiro atoms. The van der Waals surface area contributed by atoms with Gasteiger partial charge in [-0.3, -0.25) is 9.59 Å². The van der Waals surface area contributed by atoms with Crippen molar-refractivity contribution >= 4 is 44.8 Å². The van der Waals surface area contributed by atoms with E-state index in [9.17, 15) is 14.7 Å². The first kappa shape index (κ1) is 24.4. The van der Waals surface area contributed by atoms with E-state index in [4.69, 9.17) is 16.7 Å². The van der Waals surface area contributed by atoms with Crippen LogP contribution >= 0.6 is 22.9 Å². The third-order valence-electron chi connectivity index (χ3n) is 5.74. The second-order valence-corrected chi connectivity index (χ2v) is 9.64. The molecule has 0 aliphatic heterocycles. The number of fused-ring (bicyclic) bond motifs is 1. The number of aryl methyl sites for hydroxylation is 1. The molecule has 0 fully saturated rings. The quantitative estimate of drug-likeness (QED) is 0.294. The Bertz CT molecular complexity index is 1020. The van der Waals surface area contributed by atoms with Crippen LogP contribution in [0.25, 0.3) is 10.1 Å². The normalized spacial score (nSPS) is 20.0. The molecular formula is C26H29ClO4S. The fraction of sp³-hybridized carbons (Fsp3) is 0.385. The van der Waals surface area contributed by atoms with E-state index in [2.05, 4.69) is 6.07 Å². The molecular weight excluding hydrogens is 444 g/mol. The maximum absolute atomic E-state index is 12.4. The highest BCUT2D eigenvalue weighted by Gasteiger charge is 2.26. The lowest BCUT2D eigenvalue weighted by atomic mass is 9.79. The summed E-state index contributed by atoms with van der Waals surface area (Å²) in [7, 11) is 0. The average Bonchev–Trinajstić information content (AvgIpc) is 3.10. The Hall–Kier alpha value is -2.21. The molecule has 1 aromatic heterocycles. The summed E-state index contributed by atoms with van der Waals surface area (Å²) in [5, 5.41) is 21.0. The number of carbonyl (C=O) groups is 2. The Balaban J connectivity index is 1.52. The molecule has 1 unspecified atom stereocenters. The number of hydrogen-bond donors (Lipinski definition) is 2. The van der Waals surface area contributed by atoms with Crippen molar-refractivity contribution in [3.05, 3.63) is 70.6 Å². The van der Waals surface area contributed by atoms with E-state index in [1.165, 1.54) is 0 Å². The van der Waals surface area contributed by atoms with Gasteiger partial charge in [-0.25, -0.2) is 0 Å². The summed E-state index contributed by atoms with van der Waals surface area (Å²) in [6.45, 7) is 0. The van der Waals surface area contributed by atoms with E-state index in [0.29, 0.717) is 32.1 Å². The van der Waals surface area contributed by atoms with Crippen LogP contribution in [0.4, 0.5) is 0 Å². The molecule has 6 heteroatoms. The van der Waals surface area contributed by atoms with Gasteiger partial charge in [-0.2, -0.15) is 0 Å². The standard InChI is InChI=1S/C26H29ClO4S/c27-26-21-10-5-6-12-23(21)32-24(26)17-16-19(28)15-14-18-8-7-11-22(29)20(18)9-3-1-2-4-13-25(30)31/h1,3,5-7,10-12,14-15,18-20,28H,2,4,8-9,13,16-17H2,(H,30,31)/b3-1-,15-14+/t18-,19?,20-/m1/s1. The van der Waals surface area contributed by atoms with Crippen LogP contribution in [0.15, 0.2) is 60.7 Å². The van der Waals surface area contributed by atoms with Crippen molar-refractivity contribution in [2.45, 2.75) is 51.0 Å². The van der Waals surface area contributed by atoms with Crippen LogP contribution in [0.1, 0.15) is 43.4 Å². The first-order valence-corrected chi connectivity index (χ1v) is 12.2. The highest BCUT2D eigenvalue weighted by Crippen LogP contribution is 2.36. The largest absolute Gasteiger partial charge is 0.481 e. The fourth-order valence-electron chi connectivity index (χ4n) is 3.95. The number of aliphatic hydroxyl groups is 1. The predicted octanol–water partition coefficient (Wildman–Crippen LogP) is 6.37. The van der Waals surface area contributed by atoms with Gasteiger partial charge in [0.25, 0.3) is 0 Å². The summed E-state index contributed by atoms with van der Waals surface area (Å²) in [4.78, 5) is 24.0. The van der Waals surface area contributed by atoms with Gasteiger partial charge in [-0.05, 0) is 56.6 Å². The number of unbranched alkanes of at least 4 members (excludes halogenated alkanes) is 1. The second-order valence-electron chi connectivity index (χ2n) is 8.13. The fourth-order valence-corrected chi connectivity index (χ4v) is 5.49. The van der Waals surface area contributed by atoms with E-state index in [-0.39, 0.29) is 24.0 Å². The SMILES string of the molecule is O=C(O)CCC/C=C\C[C@H]1C(=O)C=CC[C@@H]1/C=C/C(O)CCc1sc2ccccc2c1Cl. The Labute approximate surface area is 197 Å². The monoisotopic (exact) mass is 472 g/mol. The Morgan fingerprint density at radius 3 is 2.88 bits per heavy atom. The van der Waals surface area contributed by atoms with Crippen LogP contribution < -0.4 is 0 Å². The summed E-state index contributed by atoms with van der Waals surface area (Å²) >= 11 is 8.17. The number of hydrogen-bond acceptors (Lipinski definition) is 4. The molecule has 0 saturated heterocycles. The van der Waals surface area contributed by atoms with E-state index in [1.807, 2.05) is 48.6 Å². The smallest absolute Gasteiger partial charge is 0.303 e.